The largest absolute Gasteiger partial charge is 0.481 e. The Kier molecular flexibility index (Phi) is 5.73. The highest BCUT2D eigenvalue weighted by molar-refractivity contribution is 5.97. The molecule has 0 aliphatic rings. The number of carboxylic acid groups (broad SMARTS) is 1. The Morgan fingerprint density at radius 1 is 1.41 bits per heavy atom. The summed E-state index contributed by atoms with van der Waals surface area (Å²) in [6, 6.07) is -0.156. The summed E-state index contributed by atoms with van der Waals surface area (Å²) in [5.74, 6) is -0.164. The Labute approximate surface area is 103 Å². The molecule has 4 heteroatoms. The summed E-state index contributed by atoms with van der Waals surface area (Å²) < 4.78 is 0. The fraction of sp³-hybridized carbons (Fsp3) is 0.692. The van der Waals surface area contributed by atoms with Gasteiger partial charge >= 0.3 is 5.97 Å². The topological polar surface area (TPSA) is 66.4 Å². The van der Waals surface area contributed by atoms with Crippen molar-refractivity contribution in [1.82, 2.24) is 5.32 Å². The highest BCUT2D eigenvalue weighted by Gasteiger charge is 2.38. The Bertz CT molecular complexity index is 323. The molecule has 0 bridgehead atoms. The van der Waals surface area contributed by atoms with E-state index in [0.717, 1.165) is 0 Å². The minimum Gasteiger partial charge on any atom is -0.481 e. The summed E-state index contributed by atoms with van der Waals surface area (Å²) in [4.78, 5) is 23.0. The van der Waals surface area contributed by atoms with E-state index < -0.39 is 23.2 Å². The fourth-order valence-electron chi connectivity index (χ4n) is 1.60. The molecule has 2 atom stereocenters. The van der Waals surface area contributed by atoms with Gasteiger partial charge in [-0.15, -0.1) is 12.3 Å². The lowest BCUT2D eigenvalue weighted by atomic mass is 9.80. The van der Waals surface area contributed by atoms with E-state index in [4.69, 9.17) is 11.5 Å². The van der Waals surface area contributed by atoms with Gasteiger partial charge in [0.2, 0.25) is 5.91 Å². The summed E-state index contributed by atoms with van der Waals surface area (Å²) in [7, 11) is 0. The number of rotatable bonds is 5. The molecule has 1 amide bonds. The zero-order valence-corrected chi connectivity index (χ0v) is 10.9. The van der Waals surface area contributed by atoms with Gasteiger partial charge in [0, 0.05) is 12.5 Å². The normalized spacial score (nSPS) is 14.5. The van der Waals surface area contributed by atoms with Gasteiger partial charge in [-0.3, -0.25) is 9.59 Å². The van der Waals surface area contributed by atoms with Crippen molar-refractivity contribution in [3.63, 3.8) is 0 Å². The van der Waals surface area contributed by atoms with Gasteiger partial charge in [0.05, 0.1) is 0 Å². The molecule has 0 saturated carbocycles. The third-order valence-electron chi connectivity index (χ3n) is 2.58. The lowest BCUT2D eigenvalue weighted by Crippen LogP contribution is -2.46. The van der Waals surface area contributed by atoms with Crippen LogP contribution in [0.3, 0.4) is 0 Å². The monoisotopic (exact) mass is 239 g/mol. The predicted octanol–water partition coefficient (Wildman–Crippen LogP) is 1.65. The smallest absolute Gasteiger partial charge is 0.316 e. The van der Waals surface area contributed by atoms with Crippen LogP contribution in [0.15, 0.2) is 0 Å². The Hall–Kier alpha value is -1.50. The predicted molar refractivity (Wildman–Crippen MR) is 66.3 cm³/mol. The molecule has 0 saturated heterocycles. The standard InChI is InChI=1S/C13H21NO3/c1-6-8-9(7-2)14-11(15)10(12(16)17)13(3,4)5/h1,9-10H,7-8H2,2-5H3,(H,14,15)(H,16,17). The van der Waals surface area contributed by atoms with Gasteiger partial charge in [-0.25, -0.2) is 0 Å². The summed E-state index contributed by atoms with van der Waals surface area (Å²) >= 11 is 0. The first kappa shape index (κ1) is 15.5. The maximum atomic E-state index is 11.9. The molecule has 0 spiro atoms. The summed E-state index contributed by atoms with van der Waals surface area (Å²) in [6.07, 6.45) is 6.29. The van der Waals surface area contributed by atoms with E-state index in [2.05, 4.69) is 11.2 Å². The van der Waals surface area contributed by atoms with Crippen LogP contribution in [-0.4, -0.2) is 23.0 Å². The van der Waals surface area contributed by atoms with Crippen molar-refractivity contribution in [1.29, 1.82) is 0 Å². The van der Waals surface area contributed by atoms with Crippen LogP contribution in [0.2, 0.25) is 0 Å². The van der Waals surface area contributed by atoms with E-state index >= 15 is 0 Å². The van der Waals surface area contributed by atoms with Crippen LogP contribution in [0.5, 0.6) is 0 Å². The lowest BCUT2D eigenvalue weighted by molar-refractivity contribution is -0.151. The van der Waals surface area contributed by atoms with Crippen LogP contribution in [0, 0.1) is 23.7 Å². The van der Waals surface area contributed by atoms with Gasteiger partial charge in [0.25, 0.3) is 0 Å². The summed E-state index contributed by atoms with van der Waals surface area (Å²) in [5.41, 5.74) is -0.621. The maximum Gasteiger partial charge on any atom is 0.316 e. The van der Waals surface area contributed by atoms with Crippen LogP contribution in [0.4, 0.5) is 0 Å². The van der Waals surface area contributed by atoms with Gasteiger partial charge in [0.15, 0.2) is 0 Å². The number of hydrogen-bond donors (Lipinski definition) is 2. The van der Waals surface area contributed by atoms with E-state index in [-0.39, 0.29) is 6.04 Å². The first-order chi connectivity index (χ1) is 7.73. The van der Waals surface area contributed by atoms with E-state index in [9.17, 15) is 9.59 Å². The molecule has 0 aliphatic heterocycles. The minimum absolute atomic E-state index is 0.156. The van der Waals surface area contributed by atoms with E-state index in [0.29, 0.717) is 12.8 Å². The van der Waals surface area contributed by atoms with Crippen LogP contribution >= 0.6 is 0 Å². The van der Waals surface area contributed by atoms with Gasteiger partial charge in [-0.2, -0.15) is 0 Å². The number of carboxylic acids is 1. The number of nitrogens with one attached hydrogen (secondary N) is 1. The van der Waals surface area contributed by atoms with E-state index in [1.165, 1.54) is 0 Å². The molecule has 0 aromatic heterocycles. The quantitative estimate of drug-likeness (QED) is 0.566. The molecule has 17 heavy (non-hydrogen) atoms. The molecule has 0 rings (SSSR count). The molecular formula is C13H21NO3. The van der Waals surface area contributed by atoms with Crippen LogP contribution in [0.25, 0.3) is 0 Å². The molecule has 2 unspecified atom stereocenters. The van der Waals surface area contributed by atoms with Crippen LogP contribution in [0.1, 0.15) is 40.5 Å². The van der Waals surface area contributed by atoms with Gasteiger partial charge in [0.1, 0.15) is 5.92 Å². The lowest BCUT2D eigenvalue weighted by Gasteiger charge is -2.27. The van der Waals surface area contributed by atoms with Crippen molar-refractivity contribution in [2.24, 2.45) is 11.3 Å². The van der Waals surface area contributed by atoms with Crippen molar-refractivity contribution in [2.45, 2.75) is 46.6 Å². The number of carbonyl (C=O) groups is 2. The van der Waals surface area contributed by atoms with Crippen molar-refractivity contribution in [2.75, 3.05) is 0 Å². The molecule has 2 N–H and O–H groups in total. The second-order valence-corrected chi connectivity index (χ2v) is 5.16. The van der Waals surface area contributed by atoms with E-state index in [1.54, 1.807) is 20.8 Å². The third kappa shape index (κ3) is 4.90. The summed E-state index contributed by atoms with van der Waals surface area (Å²) in [6.45, 7) is 7.09. The number of terminal acetylenes is 1. The van der Waals surface area contributed by atoms with Gasteiger partial charge in [-0.05, 0) is 11.8 Å². The second-order valence-electron chi connectivity index (χ2n) is 5.16. The molecule has 96 valence electrons. The highest BCUT2D eigenvalue weighted by atomic mass is 16.4. The first-order valence-corrected chi connectivity index (χ1v) is 5.70. The van der Waals surface area contributed by atoms with Crippen molar-refractivity contribution in [3.8, 4) is 12.3 Å². The maximum absolute atomic E-state index is 11.9. The number of carbonyl (C=O) groups excluding carboxylic acids is 1. The molecule has 0 aromatic rings. The van der Waals surface area contributed by atoms with Crippen molar-refractivity contribution >= 4 is 11.9 Å². The number of amides is 1. The molecule has 0 fully saturated rings. The fourth-order valence-corrected chi connectivity index (χ4v) is 1.60. The van der Waals surface area contributed by atoms with Crippen LogP contribution in [-0.2, 0) is 9.59 Å². The van der Waals surface area contributed by atoms with Crippen molar-refractivity contribution < 1.29 is 14.7 Å². The number of aliphatic carboxylic acids is 1. The van der Waals surface area contributed by atoms with Crippen molar-refractivity contribution in [3.05, 3.63) is 0 Å². The molecular weight excluding hydrogens is 218 g/mol. The molecule has 0 heterocycles. The van der Waals surface area contributed by atoms with E-state index in [1.807, 2.05) is 6.92 Å². The molecule has 0 aromatic carbocycles. The highest BCUT2D eigenvalue weighted by Crippen LogP contribution is 2.26. The zero-order valence-electron chi connectivity index (χ0n) is 10.9. The molecule has 0 radical (unpaired) electrons. The Morgan fingerprint density at radius 2 is 1.94 bits per heavy atom. The Morgan fingerprint density at radius 3 is 2.24 bits per heavy atom. The average molecular weight is 239 g/mol. The number of hydrogen-bond acceptors (Lipinski definition) is 2. The van der Waals surface area contributed by atoms with Gasteiger partial charge in [-0.1, -0.05) is 27.7 Å². The minimum atomic E-state index is -1.11. The molecule has 4 nitrogen and oxygen atoms in total. The zero-order chi connectivity index (χ0) is 13.6. The van der Waals surface area contributed by atoms with Gasteiger partial charge < -0.3 is 10.4 Å². The second kappa shape index (κ2) is 6.29. The van der Waals surface area contributed by atoms with Crippen LogP contribution < -0.4 is 5.32 Å². The first-order valence-electron chi connectivity index (χ1n) is 5.70. The molecule has 0 aliphatic carbocycles. The average Bonchev–Trinajstić information content (AvgIpc) is 2.13. The SMILES string of the molecule is C#CCC(CC)NC(=O)C(C(=O)O)C(C)(C)C. The summed E-state index contributed by atoms with van der Waals surface area (Å²) in [5, 5.41) is 11.8. The third-order valence-corrected chi connectivity index (χ3v) is 2.58. The Balaban J connectivity index is 4.77.